The first-order chi connectivity index (χ1) is 12.5. The number of aryl methyl sites for hydroxylation is 2. The number of halogens is 1. The fraction of sp³-hybridized carbons (Fsp3) is 0.238. The highest BCUT2D eigenvalue weighted by atomic mass is 35.5. The third-order valence-electron chi connectivity index (χ3n) is 5.09. The van der Waals surface area contributed by atoms with E-state index in [2.05, 4.69) is 17.1 Å². The van der Waals surface area contributed by atoms with Crippen LogP contribution in [0.1, 0.15) is 32.7 Å². The fourth-order valence-corrected chi connectivity index (χ4v) is 3.50. The molecule has 132 valence electrons. The van der Waals surface area contributed by atoms with Gasteiger partial charge in [0.2, 0.25) is 0 Å². The molecule has 0 saturated heterocycles. The molecule has 4 rings (SSSR count). The standard InChI is InChI=1S/C21H20ClN3O/c1-13-3-4-16(11-14(13)2)21(26)25-10-9-19-18(12-25)20(24-23-19)15-5-7-17(22)8-6-15/h3-8,11H,9-10,12H2,1-2H3,(H,23,24). The number of hydrogen-bond acceptors (Lipinski definition) is 2. The van der Waals surface area contributed by atoms with E-state index in [0.29, 0.717) is 18.1 Å². The Kier molecular flexibility index (Phi) is 4.29. The van der Waals surface area contributed by atoms with Gasteiger partial charge in [-0.1, -0.05) is 29.8 Å². The number of carbonyl (C=O) groups excluding carboxylic acids is 1. The van der Waals surface area contributed by atoms with Crippen molar-refractivity contribution in [2.24, 2.45) is 0 Å². The Morgan fingerprint density at radius 3 is 2.62 bits per heavy atom. The van der Waals surface area contributed by atoms with Crippen LogP contribution in [0.25, 0.3) is 11.3 Å². The maximum absolute atomic E-state index is 13.0. The molecule has 2 aromatic carbocycles. The summed E-state index contributed by atoms with van der Waals surface area (Å²) in [5, 5.41) is 8.32. The molecule has 4 nitrogen and oxygen atoms in total. The Balaban J connectivity index is 1.63. The van der Waals surface area contributed by atoms with E-state index in [4.69, 9.17) is 11.6 Å². The lowest BCUT2D eigenvalue weighted by atomic mass is 9.99. The largest absolute Gasteiger partial charge is 0.334 e. The molecule has 5 heteroatoms. The van der Waals surface area contributed by atoms with Crippen LogP contribution in [0.3, 0.4) is 0 Å². The summed E-state index contributed by atoms with van der Waals surface area (Å²) in [5.41, 5.74) is 7.19. The van der Waals surface area contributed by atoms with Gasteiger partial charge < -0.3 is 4.90 Å². The Hall–Kier alpha value is -2.59. The predicted molar refractivity (Wildman–Crippen MR) is 103 cm³/mol. The Labute approximate surface area is 157 Å². The van der Waals surface area contributed by atoms with E-state index in [1.54, 1.807) is 0 Å². The van der Waals surface area contributed by atoms with Crippen LogP contribution in [0.4, 0.5) is 0 Å². The van der Waals surface area contributed by atoms with Crippen molar-refractivity contribution in [2.75, 3.05) is 6.54 Å². The lowest BCUT2D eigenvalue weighted by Crippen LogP contribution is -2.36. The minimum absolute atomic E-state index is 0.0713. The third-order valence-corrected chi connectivity index (χ3v) is 5.34. The van der Waals surface area contributed by atoms with E-state index in [9.17, 15) is 4.79 Å². The van der Waals surface area contributed by atoms with Gasteiger partial charge in [0, 0.05) is 46.9 Å². The van der Waals surface area contributed by atoms with Crippen LogP contribution in [-0.2, 0) is 13.0 Å². The van der Waals surface area contributed by atoms with Gasteiger partial charge >= 0.3 is 0 Å². The second-order valence-electron chi connectivity index (χ2n) is 6.81. The maximum atomic E-state index is 13.0. The topological polar surface area (TPSA) is 49.0 Å². The fourth-order valence-electron chi connectivity index (χ4n) is 3.37. The number of benzene rings is 2. The SMILES string of the molecule is Cc1ccc(C(=O)N2CCc3[nH]nc(-c4ccc(Cl)cc4)c3C2)cc1C. The Morgan fingerprint density at radius 1 is 1.12 bits per heavy atom. The molecular weight excluding hydrogens is 346 g/mol. The molecule has 3 aromatic rings. The van der Waals surface area contributed by atoms with Crippen LogP contribution < -0.4 is 0 Å². The van der Waals surface area contributed by atoms with Gasteiger partial charge in [-0.15, -0.1) is 0 Å². The maximum Gasteiger partial charge on any atom is 0.254 e. The molecule has 2 heterocycles. The average molecular weight is 366 g/mol. The van der Waals surface area contributed by atoms with Gasteiger partial charge in [0.15, 0.2) is 0 Å². The molecular formula is C21H20ClN3O. The summed E-state index contributed by atoms with van der Waals surface area (Å²) in [4.78, 5) is 14.9. The van der Waals surface area contributed by atoms with Crippen LogP contribution in [0, 0.1) is 13.8 Å². The molecule has 0 atom stereocenters. The molecule has 26 heavy (non-hydrogen) atoms. The predicted octanol–water partition coefficient (Wildman–Crippen LogP) is 4.55. The lowest BCUT2D eigenvalue weighted by Gasteiger charge is -2.27. The van der Waals surface area contributed by atoms with Crippen molar-refractivity contribution in [1.29, 1.82) is 0 Å². The summed E-state index contributed by atoms with van der Waals surface area (Å²) in [7, 11) is 0. The Morgan fingerprint density at radius 2 is 1.88 bits per heavy atom. The molecule has 1 N–H and O–H groups in total. The number of carbonyl (C=O) groups is 1. The lowest BCUT2D eigenvalue weighted by molar-refractivity contribution is 0.0734. The van der Waals surface area contributed by atoms with Crippen molar-refractivity contribution >= 4 is 17.5 Å². The molecule has 1 aliphatic heterocycles. The molecule has 0 fully saturated rings. The minimum Gasteiger partial charge on any atom is -0.334 e. The van der Waals surface area contributed by atoms with Crippen LogP contribution in [-0.4, -0.2) is 27.5 Å². The van der Waals surface area contributed by atoms with E-state index in [-0.39, 0.29) is 5.91 Å². The number of hydrogen-bond donors (Lipinski definition) is 1. The molecule has 0 spiro atoms. The number of H-pyrrole nitrogens is 1. The molecule has 0 bridgehead atoms. The number of rotatable bonds is 2. The van der Waals surface area contributed by atoms with Crippen molar-refractivity contribution in [2.45, 2.75) is 26.8 Å². The van der Waals surface area contributed by atoms with Gasteiger partial charge in [0.25, 0.3) is 5.91 Å². The third kappa shape index (κ3) is 3.01. The van der Waals surface area contributed by atoms with E-state index >= 15 is 0 Å². The first-order valence-electron chi connectivity index (χ1n) is 8.71. The number of nitrogens with zero attached hydrogens (tertiary/aromatic N) is 2. The summed E-state index contributed by atoms with van der Waals surface area (Å²) in [6.45, 7) is 5.35. The molecule has 0 radical (unpaired) electrons. The number of nitrogens with one attached hydrogen (secondary N) is 1. The molecule has 0 saturated carbocycles. The van der Waals surface area contributed by atoms with Crippen LogP contribution in [0.15, 0.2) is 42.5 Å². The van der Waals surface area contributed by atoms with Crippen molar-refractivity contribution in [1.82, 2.24) is 15.1 Å². The average Bonchev–Trinajstić information content (AvgIpc) is 3.07. The Bertz CT molecular complexity index is 975. The van der Waals surface area contributed by atoms with E-state index in [1.165, 1.54) is 5.56 Å². The summed E-state index contributed by atoms with van der Waals surface area (Å²) in [5.74, 6) is 0.0713. The van der Waals surface area contributed by atoms with Crippen molar-refractivity contribution < 1.29 is 4.79 Å². The van der Waals surface area contributed by atoms with Crippen molar-refractivity contribution in [3.05, 3.63) is 75.4 Å². The van der Waals surface area contributed by atoms with E-state index < -0.39 is 0 Å². The van der Waals surface area contributed by atoms with E-state index in [0.717, 1.165) is 40.1 Å². The molecule has 1 aromatic heterocycles. The molecule has 1 aliphatic rings. The van der Waals surface area contributed by atoms with Gasteiger partial charge in [-0.05, 0) is 49.2 Å². The molecule has 0 unspecified atom stereocenters. The van der Waals surface area contributed by atoms with Crippen LogP contribution >= 0.6 is 11.6 Å². The number of aromatic amines is 1. The van der Waals surface area contributed by atoms with Gasteiger partial charge in [-0.2, -0.15) is 5.10 Å². The molecule has 1 amide bonds. The molecule has 0 aliphatic carbocycles. The second kappa shape index (κ2) is 6.61. The van der Waals surface area contributed by atoms with Gasteiger partial charge in [-0.3, -0.25) is 9.89 Å². The first kappa shape index (κ1) is 16.9. The van der Waals surface area contributed by atoms with Crippen LogP contribution in [0.2, 0.25) is 5.02 Å². The van der Waals surface area contributed by atoms with E-state index in [1.807, 2.05) is 54.3 Å². The number of aromatic nitrogens is 2. The zero-order valence-electron chi connectivity index (χ0n) is 14.8. The summed E-state index contributed by atoms with van der Waals surface area (Å²) in [6.07, 6.45) is 0.784. The normalized spacial score (nSPS) is 13.6. The van der Waals surface area contributed by atoms with Crippen molar-refractivity contribution in [3.8, 4) is 11.3 Å². The second-order valence-corrected chi connectivity index (χ2v) is 7.25. The smallest absolute Gasteiger partial charge is 0.254 e. The number of amides is 1. The summed E-state index contributed by atoms with van der Waals surface area (Å²) < 4.78 is 0. The monoisotopic (exact) mass is 365 g/mol. The zero-order chi connectivity index (χ0) is 18.3. The highest BCUT2D eigenvalue weighted by Gasteiger charge is 2.26. The van der Waals surface area contributed by atoms with Gasteiger partial charge in [0.1, 0.15) is 0 Å². The quantitative estimate of drug-likeness (QED) is 0.724. The van der Waals surface area contributed by atoms with Crippen molar-refractivity contribution in [3.63, 3.8) is 0 Å². The summed E-state index contributed by atoms with van der Waals surface area (Å²) >= 11 is 5.99. The van der Waals surface area contributed by atoms with Crippen LogP contribution in [0.5, 0.6) is 0 Å². The van der Waals surface area contributed by atoms with Gasteiger partial charge in [-0.25, -0.2) is 0 Å². The first-order valence-corrected chi connectivity index (χ1v) is 9.09. The number of fused-ring (bicyclic) bond motifs is 1. The highest BCUT2D eigenvalue weighted by molar-refractivity contribution is 6.30. The minimum atomic E-state index is 0.0713. The highest BCUT2D eigenvalue weighted by Crippen LogP contribution is 2.29. The van der Waals surface area contributed by atoms with Gasteiger partial charge in [0.05, 0.1) is 5.69 Å². The zero-order valence-corrected chi connectivity index (χ0v) is 15.6. The summed E-state index contributed by atoms with van der Waals surface area (Å²) in [6, 6.07) is 13.5.